The van der Waals surface area contributed by atoms with Crippen LogP contribution in [0.25, 0.3) is 0 Å². The molecule has 0 radical (unpaired) electrons. The molecule has 0 N–H and O–H groups in total. The molecule has 4 rings (SSSR count). The largest absolute Gasteiger partial charge is 0.440 e. The van der Waals surface area contributed by atoms with E-state index < -0.39 is 5.79 Å². The van der Waals surface area contributed by atoms with E-state index >= 15 is 0 Å². The van der Waals surface area contributed by atoms with Crippen molar-refractivity contribution in [3.63, 3.8) is 0 Å². The zero-order chi connectivity index (χ0) is 19.0. The van der Waals surface area contributed by atoms with Crippen molar-refractivity contribution in [3.05, 3.63) is 83.9 Å². The summed E-state index contributed by atoms with van der Waals surface area (Å²) in [5, 5.41) is 0. The van der Waals surface area contributed by atoms with Crippen molar-refractivity contribution in [2.75, 3.05) is 38.0 Å². The SMILES string of the molecule is CN(C)c1ccc(C2(c3ccc(N(C)C)cc3)Oc3ccccc3O2)cc1. The first-order valence-corrected chi connectivity index (χ1v) is 9.02. The molecule has 0 unspecified atom stereocenters. The monoisotopic (exact) mass is 360 g/mol. The molecule has 4 nitrogen and oxygen atoms in total. The average molecular weight is 360 g/mol. The van der Waals surface area contributed by atoms with Crippen LogP contribution in [0, 0.1) is 0 Å². The van der Waals surface area contributed by atoms with Gasteiger partial charge < -0.3 is 19.3 Å². The quantitative estimate of drug-likeness (QED) is 0.684. The van der Waals surface area contributed by atoms with Gasteiger partial charge >= 0.3 is 5.79 Å². The van der Waals surface area contributed by atoms with Crippen LogP contribution in [0.4, 0.5) is 11.4 Å². The van der Waals surface area contributed by atoms with E-state index in [1.807, 2.05) is 52.5 Å². The molecule has 0 bridgehead atoms. The molecular weight excluding hydrogens is 336 g/mol. The Balaban J connectivity index is 1.81. The van der Waals surface area contributed by atoms with Crippen molar-refractivity contribution in [2.24, 2.45) is 0 Å². The number of hydrogen-bond acceptors (Lipinski definition) is 4. The van der Waals surface area contributed by atoms with Crippen molar-refractivity contribution in [1.29, 1.82) is 0 Å². The fourth-order valence-electron chi connectivity index (χ4n) is 3.31. The maximum absolute atomic E-state index is 6.42. The van der Waals surface area contributed by atoms with E-state index in [0.29, 0.717) is 0 Å². The minimum Gasteiger partial charge on any atom is -0.440 e. The Morgan fingerprint density at radius 1 is 0.556 bits per heavy atom. The second kappa shape index (κ2) is 6.54. The van der Waals surface area contributed by atoms with E-state index in [1.54, 1.807) is 0 Å². The molecule has 0 spiro atoms. The number of nitrogens with zero attached hydrogens (tertiary/aromatic N) is 2. The zero-order valence-corrected chi connectivity index (χ0v) is 16.1. The maximum Gasteiger partial charge on any atom is 0.305 e. The van der Waals surface area contributed by atoms with Crippen LogP contribution in [-0.2, 0) is 5.79 Å². The number of hydrogen-bond donors (Lipinski definition) is 0. The molecule has 4 heteroatoms. The highest BCUT2D eigenvalue weighted by molar-refractivity contribution is 5.54. The highest BCUT2D eigenvalue weighted by Gasteiger charge is 2.45. The molecule has 0 aliphatic carbocycles. The van der Waals surface area contributed by atoms with Crippen LogP contribution < -0.4 is 19.3 Å². The maximum atomic E-state index is 6.42. The van der Waals surface area contributed by atoms with Crippen LogP contribution in [0.2, 0.25) is 0 Å². The molecule has 138 valence electrons. The van der Waals surface area contributed by atoms with Crippen molar-refractivity contribution >= 4 is 11.4 Å². The van der Waals surface area contributed by atoms with Crippen LogP contribution >= 0.6 is 0 Å². The zero-order valence-electron chi connectivity index (χ0n) is 16.1. The molecule has 0 saturated carbocycles. The van der Waals surface area contributed by atoms with Gasteiger partial charge in [0.05, 0.1) is 0 Å². The summed E-state index contributed by atoms with van der Waals surface area (Å²) < 4.78 is 12.8. The van der Waals surface area contributed by atoms with E-state index in [9.17, 15) is 0 Å². The van der Waals surface area contributed by atoms with E-state index in [-0.39, 0.29) is 0 Å². The molecule has 3 aromatic rings. The summed E-state index contributed by atoms with van der Waals surface area (Å²) in [6.07, 6.45) is 0. The van der Waals surface area contributed by atoms with Crippen LogP contribution in [-0.4, -0.2) is 28.2 Å². The van der Waals surface area contributed by atoms with Gasteiger partial charge in [-0.25, -0.2) is 0 Å². The van der Waals surface area contributed by atoms with Crippen LogP contribution in [0.3, 0.4) is 0 Å². The first-order valence-electron chi connectivity index (χ1n) is 9.02. The summed E-state index contributed by atoms with van der Waals surface area (Å²) in [6.45, 7) is 0. The van der Waals surface area contributed by atoms with Gasteiger partial charge in [-0.15, -0.1) is 0 Å². The first kappa shape index (κ1) is 17.3. The molecular formula is C23H24N2O2. The summed E-state index contributed by atoms with van der Waals surface area (Å²) in [5.74, 6) is 0.524. The van der Waals surface area contributed by atoms with Gasteiger partial charge in [0, 0.05) is 50.7 Å². The lowest BCUT2D eigenvalue weighted by molar-refractivity contribution is -0.0458. The third-order valence-electron chi connectivity index (χ3n) is 4.88. The lowest BCUT2D eigenvalue weighted by Crippen LogP contribution is -2.36. The Labute approximate surface area is 160 Å². The number of anilines is 2. The van der Waals surface area contributed by atoms with Crippen molar-refractivity contribution < 1.29 is 9.47 Å². The molecule has 1 aliphatic rings. The van der Waals surface area contributed by atoms with E-state index in [0.717, 1.165) is 34.0 Å². The van der Waals surface area contributed by atoms with Gasteiger partial charge in [0.25, 0.3) is 0 Å². The number of rotatable bonds is 4. The second-order valence-corrected chi connectivity index (χ2v) is 7.15. The standard InChI is InChI=1S/C23H24N2O2/c1-24(2)19-13-9-17(10-14-19)23(18-11-15-20(16-12-18)25(3)4)26-21-7-5-6-8-22(21)27-23/h5-16H,1-4H3. The third-order valence-corrected chi connectivity index (χ3v) is 4.88. The molecule has 0 saturated heterocycles. The minimum absolute atomic E-state index is 0.755. The average Bonchev–Trinajstić information content (AvgIpc) is 3.09. The predicted octanol–water partition coefficient (Wildman–Crippen LogP) is 4.49. The molecule has 0 atom stereocenters. The summed E-state index contributed by atoms with van der Waals surface area (Å²) in [5.41, 5.74) is 4.18. The smallest absolute Gasteiger partial charge is 0.305 e. The molecule has 3 aromatic carbocycles. The third kappa shape index (κ3) is 2.97. The Hall–Kier alpha value is -3.14. The van der Waals surface area contributed by atoms with Crippen LogP contribution in [0.15, 0.2) is 72.8 Å². The van der Waals surface area contributed by atoms with Crippen LogP contribution in [0.1, 0.15) is 11.1 Å². The summed E-state index contributed by atoms with van der Waals surface area (Å²) in [4.78, 5) is 4.15. The first-order chi connectivity index (χ1) is 13.0. The number of fused-ring (bicyclic) bond motifs is 1. The van der Waals surface area contributed by atoms with Crippen molar-refractivity contribution in [1.82, 2.24) is 0 Å². The Morgan fingerprint density at radius 3 is 1.26 bits per heavy atom. The fraction of sp³-hybridized carbons (Fsp3) is 0.217. The molecule has 1 heterocycles. The van der Waals surface area contributed by atoms with Gasteiger partial charge in [-0.3, -0.25) is 0 Å². The minimum atomic E-state index is -0.987. The van der Waals surface area contributed by atoms with Gasteiger partial charge in [-0.05, 0) is 60.7 Å². The van der Waals surface area contributed by atoms with Gasteiger partial charge in [0.15, 0.2) is 11.5 Å². The molecule has 1 aliphatic heterocycles. The van der Waals surface area contributed by atoms with E-state index in [2.05, 4.69) is 58.3 Å². The van der Waals surface area contributed by atoms with Crippen LogP contribution in [0.5, 0.6) is 11.5 Å². The molecule has 0 amide bonds. The molecule has 0 fully saturated rings. The summed E-state index contributed by atoms with van der Waals surface area (Å²) in [7, 11) is 8.12. The van der Waals surface area contributed by atoms with Gasteiger partial charge in [-0.2, -0.15) is 0 Å². The number of benzene rings is 3. The van der Waals surface area contributed by atoms with Gasteiger partial charge in [0.1, 0.15) is 0 Å². The Bertz CT molecular complexity index is 853. The highest BCUT2D eigenvalue weighted by Crippen LogP contribution is 2.47. The highest BCUT2D eigenvalue weighted by atomic mass is 16.7. The summed E-state index contributed by atoms with van der Waals surface area (Å²) >= 11 is 0. The van der Waals surface area contributed by atoms with Crippen molar-refractivity contribution in [3.8, 4) is 11.5 Å². The topological polar surface area (TPSA) is 24.9 Å². The predicted molar refractivity (Wildman–Crippen MR) is 110 cm³/mol. The number of ether oxygens (including phenoxy) is 2. The number of para-hydroxylation sites is 2. The summed E-state index contributed by atoms with van der Waals surface area (Å²) in [6, 6.07) is 24.4. The van der Waals surface area contributed by atoms with Gasteiger partial charge in [-0.1, -0.05) is 12.1 Å². The lowest BCUT2D eigenvalue weighted by atomic mass is 9.96. The molecule has 0 aromatic heterocycles. The van der Waals surface area contributed by atoms with Gasteiger partial charge in [0.2, 0.25) is 0 Å². The van der Waals surface area contributed by atoms with Crippen molar-refractivity contribution in [2.45, 2.75) is 5.79 Å². The lowest BCUT2D eigenvalue weighted by Gasteiger charge is -2.29. The molecule has 27 heavy (non-hydrogen) atoms. The second-order valence-electron chi connectivity index (χ2n) is 7.15. The van der Waals surface area contributed by atoms with E-state index in [4.69, 9.17) is 9.47 Å². The Kier molecular flexibility index (Phi) is 4.19. The Morgan fingerprint density at radius 2 is 0.926 bits per heavy atom. The van der Waals surface area contributed by atoms with E-state index in [1.165, 1.54) is 0 Å². The normalized spacial score (nSPS) is 14.1. The fourth-order valence-corrected chi connectivity index (χ4v) is 3.31.